The van der Waals surface area contributed by atoms with Crippen LogP contribution < -0.4 is 0 Å². The van der Waals surface area contributed by atoms with Crippen LogP contribution in [0, 0.1) is 25.2 Å². The van der Waals surface area contributed by atoms with E-state index < -0.39 is 15.4 Å². The highest BCUT2D eigenvalue weighted by Gasteiger charge is 2.40. The zero-order chi connectivity index (χ0) is 18.1. The minimum Gasteiger partial charge on any atom is -0.207 e. The van der Waals surface area contributed by atoms with E-state index in [1.54, 1.807) is 12.1 Å². The molecule has 1 aliphatic heterocycles. The molecule has 2 aromatic rings. The van der Waals surface area contributed by atoms with Gasteiger partial charge in [-0.15, -0.1) is 0 Å². The van der Waals surface area contributed by atoms with Crippen LogP contribution in [0.5, 0.6) is 0 Å². The van der Waals surface area contributed by atoms with Gasteiger partial charge in [-0.05, 0) is 44.4 Å². The SMILES string of the molecule is Cc1ccc(C2(C#N)CCN(S(=O)(=O)c3ccc(C)cc3)CC2)cc1. The number of benzene rings is 2. The van der Waals surface area contributed by atoms with E-state index in [1.165, 1.54) is 4.31 Å². The van der Waals surface area contributed by atoms with Gasteiger partial charge in [0.05, 0.1) is 16.4 Å². The fourth-order valence-corrected chi connectivity index (χ4v) is 4.75. The molecule has 0 N–H and O–H groups in total. The van der Waals surface area contributed by atoms with E-state index in [0.717, 1.165) is 16.7 Å². The van der Waals surface area contributed by atoms with E-state index in [0.29, 0.717) is 30.8 Å². The zero-order valence-corrected chi connectivity index (χ0v) is 15.4. The first-order valence-corrected chi connectivity index (χ1v) is 9.87. The molecule has 1 heterocycles. The number of aryl methyl sites for hydroxylation is 2. The van der Waals surface area contributed by atoms with Crippen molar-refractivity contribution in [3.8, 4) is 6.07 Å². The van der Waals surface area contributed by atoms with Gasteiger partial charge in [0, 0.05) is 13.1 Å². The molecule has 2 aromatic carbocycles. The van der Waals surface area contributed by atoms with Crippen LogP contribution in [-0.2, 0) is 15.4 Å². The first-order chi connectivity index (χ1) is 11.9. The van der Waals surface area contributed by atoms with Crippen molar-refractivity contribution in [1.82, 2.24) is 4.31 Å². The van der Waals surface area contributed by atoms with E-state index >= 15 is 0 Å². The Balaban J connectivity index is 1.81. The third-order valence-corrected chi connectivity index (χ3v) is 6.97. The van der Waals surface area contributed by atoms with Crippen molar-refractivity contribution >= 4 is 10.0 Å². The van der Waals surface area contributed by atoms with Crippen molar-refractivity contribution in [2.45, 2.75) is 37.0 Å². The number of hydrogen-bond acceptors (Lipinski definition) is 3. The number of nitriles is 1. The molecule has 4 nitrogen and oxygen atoms in total. The number of sulfonamides is 1. The molecule has 5 heteroatoms. The second kappa shape index (κ2) is 6.62. The third kappa shape index (κ3) is 3.33. The first-order valence-electron chi connectivity index (χ1n) is 8.43. The number of hydrogen-bond donors (Lipinski definition) is 0. The highest BCUT2D eigenvalue weighted by atomic mass is 32.2. The lowest BCUT2D eigenvalue weighted by atomic mass is 9.74. The first kappa shape index (κ1) is 17.7. The van der Waals surface area contributed by atoms with E-state index in [9.17, 15) is 13.7 Å². The summed E-state index contributed by atoms with van der Waals surface area (Å²) < 4.78 is 27.1. The van der Waals surface area contributed by atoms with Crippen LogP contribution >= 0.6 is 0 Å². The molecule has 1 saturated heterocycles. The standard InChI is InChI=1S/C20H22N2O2S/c1-16-3-7-18(8-4-16)20(15-21)11-13-22(14-12-20)25(23,24)19-9-5-17(2)6-10-19/h3-10H,11-14H2,1-2H3. The van der Waals surface area contributed by atoms with Crippen LogP contribution in [0.4, 0.5) is 0 Å². The molecule has 0 bridgehead atoms. The average Bonchev–Trinajstić information content (AvgIpc) is 2.62. The Morgan fingerprint density at radius 2 is 1.40 bits per heavy atom. The van der Waals surface area contributed by atoms with Gasteiger partial charge in [-0.25, -0.2) is 8.42 Å². The normalized spacial score (nSPS) is 17.8. The van der Waals surface area contributed by atoms with Gasteiger partial charge in [-0.2, -0.15) is 9.57 Å². The predicted molar refractivity (Wildman–Crippen MR) is 97.6 cm³/mol. The quantitative estimate of drug-likeness (QED) is 0.847. The molecule has 25 heavy (non-hydrogen) atoms. The maximum Gasteiger partial charge on any atom is 0.243 e. The summed E-state index contributed by atoms with van der Waals surface area (Å²) in [6, 6.07) is 17.4. The van der Waals surface area contributed by atoms with Gasteiger partial charge >= 0.3 is 0 Å². The van der Waals surface area contributed by atoms with E-state index in [4.69, 9.17) is 0 Å². The van der Waals surface area contributed by atoms with Gasteiger partial charge in [0.2, 0.25) is 10.0 Å². The summed E-state index contributed by atoms with van der Waals surface area (Å²) in [6.07, 6.45) is 1.02. The van der Waals surface area contributed by atoms with E-state index in [2.05, 4.69) is 6.07 Å². The van der Waals surface area contributed by atoms with Gasteiger partial charge in [0.25, 0.3) is 0 Å². The molecule has 1 aliphatic rings. The molecule has 0 radical (unpaired) electrons. The Hall–Kier alpha value is -2.16. The summed E-state index contributed by atoms with van der Waals surface area (Å²) >= 11 is 0. The summed E-state index contributed by atoms with van der Waals surface area (Å²) in [7, 11) is -3.50. The van der Waals surface area contributed by atoms with Crippen molar-refractivity contribution in [2.24, 2.45) is 0 Å². The average molecular weight is 354 g/mol. The van der Waals surface area contributed by atoms with Crippen molar-refractivity contribution in [2.75, 3.05) is 13.1 Å². The van der Waals surface area contributed by atoms with Crippen LogP contribution in [0.2, 0.25) is 0 Å². The molecule has 0 aromatic heterocycles. The monoisotopic (exact) mass is 354 g/mol. The fraction of sp³-hybridized carbons (Fsp3) is 0.350. The van der Waals surface area contributed by atoms with Gasteiger partial charge < -0.3 is 0 Å². The molecule has 1 fully saturated rings. The summed E-state index contributed by atoms with van der Waals surface area (Å²) in [4.78, 5) is 0.317. The van der Waals surface area contributed by atoms with Gasteiger partial charge in [0.1, 0.15) is 0 Å². The van der Waals surface area contributed by atoms with E-state index in [1.807, 2.05) is 50.2 Å². The zero-order valence-electron chi connectivity index (χ0n) is 14.6. The van der Waals surface area contributed by atoms with Crippen LogP contribution in [0.25, 0.3) is 0 Å². The smallest absolute Gasteiger partial charge is 0.207 e. The lowest BCUT2D eigenvalue weighted by Crippen LogP contribution is -2.44. The predicted octanol–water partition coefficient (Wildman–Crippen LogP) is 3.55. The molecular formula is C20H22N2O2S. The minimum absolute atomic E-state index is 0.317. The molecule has 0 saturated carbocycles. The molecule has 0 aliphatic carbocycles. The maximum atomic E-state index is 12.8. The Morgan fingerprint density at radius 1 is 0.920 bits per heavy atom. The van der Waals surface area contributed by atoms with Crippen LogP contribution in [0.1, 0.15) is 29.5 Å². The summed E-state index contributed by atoms with van der Waals surface area (Å²) in [5, 5.41) is 9.78. The van der Waals surface area contributed by atoms with Crippen molar-refractivity contribution in [1.29, 1.82) is 5.26 Å². The minimum atomic E-state index is -3.50. The highest BCUT2D eigenvalue weighted by Crippen LogP contribution is 2.36. The lowest BCUT2D eigenvalue weighted by molar-refractivity contribution is 0.277. The van der Waals surface area contributed by atoms with Gasteiger partial charge in [-0.3, -0.25) is 0 Å². The molecule has 3 rings (SSSR count). The Labute approximate surface area is 149 Å². The molecular weight excluding hydrogens is 332 g/mol. The van der Waals surface area contributed by atoms with Crippen molar-refractivity contribution < 1.29 is 8.42 Å². The maximum absolute atomic E-state index is 12.8. The molecule has 0 spiro atoms. The van der Waals surface area contributed by atoms with E-state index in [-0.39, 0.29) is 0 Å². The topological polar surface area (TPSA) is 61.2 Å². The number of rotatable bonds is 3. The summed E-state index contributed by atoms with van der Waals surface area (Å²) in [5.74, 6) is 0. The van der Waals surface area contributed by atoms with Crippen molar-refractivity contribution in [3.63, 3.8) is 0 Å². The lowest BCUT2D eigenvalue weighted by Gasteiger charge is -2.37. The van der Waals surface area contributed by atoms with Gasteiger partial charge in [-0.1, -0.05) is 47.5 Å². The number of nitrogens with zero attached hydrogens (tertiary/aromatic N) is 2. The summed E-state index contributed by atoms with van der Waals surface area (Å²) in [5.41, 5.74) is 2.55. The molecule has 130 valence electrons. The van der Waals surface area contributed by atoms with Crippen LogP contribution in [0.3, 0.4) is 0 Å². The second-order valence-electron chi connectivity index (χ2n) is 6.78. The summed E-state index contributed by atoms with van der Waals surface area (Å²) in [6.45, 7) is 4.66. The molecule has 0 atom stereocenters. The Morgan fingerprint density at radius 3 is 1.88 bits per heavy atom. The van der Waals surface area contributed by atoms with Crippen LogP contribution in [0.15, 0.2) is 53.4 Å². The number of piperidine rings is 1. The Bertz CT molecular complexity index is 886. The van der Waals surface area contributed by atoms with Crippen LogP contribution in [-0.4, -0.2) is 25.8 Å². The largest absolute Gasteiger partial charge is 0.243 e. The van der Waals surface area contributed by atoms with Crippen molar-refractivity contribution in [3.05, 3.63) is 65.2 Å². The highest BCUT2D eigenvalue weighted by molar-refractivity contribution is 7.89. The third-order valence-electron chi connectivity index (χ3n) is 5.05. The second-order valence-corrected chi connectivity index (χ2v) is 8.72. The molecule has 0 unspecified atom stereocenters. The Kier molecular flexibility index (Phi) is 4.68. The van der Waals surface area contributed by atoms with Gasteiger partial charge in [0.15, 0.2) is 0 Å². The molecule has 0 amide bonds. The fourth-order valence-electron chi connectivity index (χ4n) is 3.31.